The Labute approximate surface area is 110 Å². The van der Waals surface area contributed by atoms with Crippen molar-refractivity contribution in [3.8, 4) is 5.75 Å². The lowest BCUT2D eigenvalue weighted by atomic mass is 10.0. The summed E-state index contributed by atoms with van der Waals surface area (Å²) < 4.78 is 0. The van der Waals surface area contributed by atoms with E-state index < -0.39 is 0 Å². The van der Waals surface area contributed by atoms with Gasteiger partial charge in [0, 0.05) is 6.04 Å². The first-order chi connectivity index (χ1) is 8.53. The van der Waals surface area contributed by atoms with Gasteiger partial charge >= 0.3 is 0 Å². The van der Waals surface area contributed by atoms with Crippen molar-refractivity contribution >= 4 is 0 Å². The number of benzene rings is 1. The van der Waals surface area contributed by atoms with Gasteiger partial charge in [-0.2, -0.15) is 0 Å². The van der Waals surface area contributed by atoms with Crippen molar-refractivity contribution in [1.82, 2.24) is 5.32 Å². The molecule has 1 rings (SSSR count). The van der Waals surface area contributed by atoms with E-state index in [4.69, 9.17) is 10.2 Å². The molecule has 2 atom stereocenters. The highest BCUT2D eigenvalue weighted by molar-refractivity contribution is 5.26. The molecule has 18 heavy (non-hydrogen) atoms. The van der Waals surface area contributed by atoms with E-state index in [2.05, 4.69) is 18.8 Å². The van der Waals surface area contributed by atoms with Gasteiger partial charge in [0.2, 0.25) is 0 Å². The zero-order chi connectivity index (χ0) is 14.0. The van der Waals surface area contributed by atoms with E-state index in [1.165, 1.54) is 5.56 Å². The fourth-order valence-corrected chi connectivity index (χ4v) is 1.18. The number of rotatable bonds is 5. The summed E-state index contributed by atoms with van der Waals surface area (Å²) in [5.74, 6) is 0.819. The molecule has 0 aliphatic rings. The van der Waals surface area contributed by atoms with Gasteiger partial charge in [-0.15, -0.1) is 6.58 Å². The number of nitrogens with one attached hydrogen (secondary N) is 1. The van der Waals surface area contributed by atoms with Crippen LogP contribution < -0.4 is 5.32 Å². The smallest absolute Gasteiger partial charge is 0.115 e. The van der Waals surface area contributed by atoms with E-state index in [0.29, 0.717) is 11.7 Å². The molecule has 0 aliphatic carbocycles. The van der Waals surface area contributed by atoms with Crippen LogP contribution in [0, 0.1) is 5.92 Å². The number of aliphatic hydroxyl groups excluding tert-OH is 1. The molecule has 0 heterocycles. The minimum absolute atomic E-state index is 0.219. The predicted octanol–water partition coefficient (Wildman–Crippen LogP) is 2.34. The molecule has 0 radical (unpaired) electrons. The maximum Gasteiger partial charge on any atom is 0.115 e. The van der Waals surface area contributed by atoms with Gasteiger partial charge in [0.05, 0.1) is 6.61 Å². The minimum Gasteiger partial charge on any atom is -0.508 e. The second-order valence-electron chi connectivity index (χ2n) is 4.46. The summed E-state index contributed by atoms with van der Waals surface area (Å²) >= 11 is 0. The van der Waals surface area contributed by atoms with Crippen molar-refractivity contribution in [2.75, 3.05) is 13.7 Å². The average Bonchev–Trinajstić information content (AvgIpc) is 2.41. The average molecular weight is 251 g/mol. The number of aromatic hydroxyl groups is 1. The van der Waals surface area contributed by atoms with Gasteiger partial charge in [-0.3, -0.25) is 0 Å². The van der Waals surface area contributed by atoms with E-state index in [-0.39, 0.29) is 12.6 Å². The monoisotopic (exact) mass is 251 g/mol. The largest absolute Gasteiger partial charge is 0.508 e. The maximum absolute atomic E-state index is 9.03. The highest BCUT2D eigenvalue weighted by atomic mass is 16.3. The van der Waals surface area contributed by atoms with Crippen LogP contribution in [0.4, 0.5) is 0 Å². The quantitative estimate of drug-likeness (QED) is 0.704. The summed E-state index contributed by atoms with van der Waals surface area (Å²) in [6.07, 6.45) is 2.93. The molecule has 0 saturated heterocycles. The first kappa shape index (κ1) is 16.7. The summed E-state index contributed by atoms with van der Waals surface area (Å²) in [6.45, 7) is 7.99. The molecule has 3 nitrogen and oxygen atoms in total. The molecule has 0 aliphatic heterocycles. The molecule has 1 unspecified atom stereocenters. The second-order valence-corrected chi connectivity index (χ2v) is 4.46. The van der Waals surface area contributed by atoms with Gasteiger partial charge in [-0.1, -0.05) is 25.1 Å². The third kappa shape index (κ3) is 7.87. The van der Waals surface area contributed by atoms with Crippen LogP contribution >= 0.6 is 0 Å². The van der Waals surface area contributed by atoms with Crippen molar-refractivity contribution in [1.29, 1.82) is 0 Å². The molecule has 0 fully saturated rings. The Kier molecular flexibility index (Phi) is 8.97. The summed E-state index contributed by atoms with van der Waals surface area (Å²) in [6, 6.07) is 7.55. The lowest BCUT2D eigenvalue weighted by Crippen LogP contribution is -2.24. The first-order valence-corrected chi connectivity index (χ1v) is 6.22. The number of phenols is 1. The molecule has 1 aromatic rings. The van der Waals surface area contributed by atoms with Crippen molar-refractivity contribution in [3.05, 3.63) is 42.5 Å². The van der Waals surface area contributed by atoms with E-state index in [1.54, 1.807) is 12.1 Å². The van der Waals surface area contributed by atoms with Gasteiger partial charge in [-0.25, -0.2) is 0 Å². The molecule has 0 saturated carbocycles. The van der Waals surface area contributed by atoms with Crippen molar-refractivity contribution in [2.45, 2.75) is 26.3 Å². The van der Waals surface area contributed by atoms with Crippen LogP contribution in [0.5, 0.6) is 5.75 Å². The zero-order valence-corrected chi connectivity index (χ0v) is 11.6. The molecule has 3 heteroatoms. The summed E-state index contributed by atoms with van der Waals surface area (Å²) in [5, 5.41) is 20.2. The van der Waals surface area contributed by atoms with Crippen LogP contribution in [-0.2, 0) is 6.42 Å². The first-order valence-electron chi connectivity index (χ1n) is 6.22. The molecule has 102 valence electrons. The molecular weight excluding hydrogens is 226 g/mol. The fraction of sp³-hybridized carbons (Fsp3) is 0.467. The molecule has 0 spiro atoms. The Morgan fingerprint density at radius 2 is 1.83 bits per heavy atom. The fourth-order valence-electron chi connectivity index (χ4n) is 1.18. The Morgan fingerprint density at radius 3 is 2.17 bits per heavy atom. The van der Waals surface area contributed by atoms with Crippen molar-refractivity contribution in [2.24, 2.45) is 5.92 Å². The third-order valence-electron chi connectivity index (χ3n) is 2.66. The highest BCUT2D eigenvalue weighted by Crippen LogP contribution is 2.13. The number of phenolic OH excluding ortho intramolecular Hbond substituents is 1. The van der Waals surface area contributed by atoms with Gasteiger partial charge in [-0.05, 0) is 44.0 Å². The maximum atomic E-state index is 9.03. The van der Waals surface area contributed by atoms with Crippen molar-refractivity contribution < 1.29 is 10.2 Å². The van der Waals surface area contributed by atoms with Crippen LogP contribution in [0.3, 0.4) is 0 Å². The number of allylic oxidation sites excluding steroid dienone is 1. The Hall–Kier alpha value is -1.32. The van der Waals surface area contributed by atoms with Crippen LogP contribution in [0.2, 0.25) is 0 Å². The topological polar surface area (TPSA) is 52.5 Å². The number of hydrogen-bond donors (Lipinski definition) is 3. The third-order valence-corrected chi connectivity index (χ3v) is 2.66. The molecule has 0 amide bonds. The summed E-state index contributed by atoms with van der Waals surface area (Å²) in [5.41, 5.74) is 1.24. The van der Waals surface area contributed by atoms with Crippen LogP contribution in [-0.4, -0.2) is 29.9 Å². The van der Waals surface area contributed by atoms with Gasteiger partial charge in [0.15, 0.2) is 0 Å². The predicted molar refractivity (Wildman–Crippen MR) is 76.8 cm³/mol. The molecular formula is C15H25NO2. The van der Waals surface area contributed by atoms with Gasteiger partial charge < -0.3 is 15.5 Å². The number of hydrogen-bond acceptors (Lipinski definition) is 3. The zero-order valence-electron chi connectivity index (χ0n) is 11.6. The molecule has 0 bridgehead atoms. The normalized spacial score (nSPS) is 13.1. The number of likely N-dealkylation sites (N-methyl/N-ethyl adjacent to an activating group) is 1. The minimum atomic E-state index is 0.219. The van der Waals surface area contributed by atoms with E-state index in [1.807, 2.05) is 32.2 Å². The van der Waals surface area contributed by atoms with Gasteiger partial charge in [0.25, 0.3) is 0 Å². The molecule has 0 aromatic heterocycles. The van der Waals surface area contributed by atoms with E-state index in [0.717, 1.165) is 6.42 Å². The van der Waals surface area contributed by atoms with Gasteiger partial charge in [0.1, 0.15) is 5.75 Å². The Balaban J connectivity index is 0.000000411. The van der Waals surface area contributed by atoms with E-state index >= 15 is 0 Å². The Bertz CT molecular complexity index is 318. The standard InChI is InChI=1S/C11H14O.C4H11NO/c1-3-9(2)8-10-4-6-11(12)7-5-10;1-4(3-6)5-2/h3-7,9,12H,1,8H2,2H3;4-6H,3H2,1-2H3/t;4-/m.0/s1. The molecule has 1 aromatic carbocycles. The SMILES string of the molecule is C=CC(C)Cc1ccc(O)cc1.CN[C@@H](C)CO. The van der Waals surface area contributed by atoms with Crippen molar-refractivity contribution in [3.63, 3.8) is 0 Å². The number of aliphatic hydroxyl groups is 1. The highest BCUT2D eigenvalue weighted by Gasteiger charge is 1.98. The lowest BCUT2D eigenvalue weighted by Gasteiger charge is -2.04. The second kappa shape index (κ2) is 9.68. The van der Waals surface area contributed by atoms with Crippen LogP contribution in [0.25, 0.3) is 0 Å². The lowest BCUT2D eigenvalue weighted by molar-refractivity contribution is 0.258. The molecule has 3 N–H and O–H groups in total. The summed E-state index contributed by atoms with van der Waals surface area (Å²) in [7, 11) is 1.82. The van der Waals surface area contributed by atoms with Crippen LogP contribution in [0.1, 0.15) is 19.4 Å². The van der Waals surface area contributed by atoms with Crippen LogP contribution in [0.15, 0.2) is 36.9 Å². The Morgan fingerprint density at radius 1 is 1.28 bits per heavy atom. The van der Waals surface area contributed by atoms with E-state index in [9.17, 15) is 0 Å². The summed E-state index contributed by atoms with van der Waals surface area (Å²) in [4.78, 5) is 0.